The van der Waals surface area contributed by atoms with Crippen LogP contribution in [0.15, 0.2) is 22.3 Å². The van der Waals surface area contributed by atoms with E-state index in [0.717, 1.165) is 20.3 Å². The number of hydrogen-bond acceptors (Lipinski definition) is 8. The van der Waals surface area contributed by atoms with Crippen molar-refractivity contribution in [1.82, 2.24) is 0 Å². The highest BCUT2D eigenvalue weighted by molar-refractivity contribution is 14.1. The van der Waals surface area contributed by atoms with Gasteiger partial charge >= 0.3 is 17.6 Å². The topological polar surface area (TPSA) is 117 Å². The number of hydrogen-bond donors (Lipinski definition) is 1. The summed E-state index contributed by atoms with van der Waals surface area (Å²) in [5.74, 6) is -1.76. The Balaban J connectivity index is 3.54. The molecule has 1 aromatic rings. The van der Waals surface area contributed by atoms with Crippen LogP contribution >= 0.6 is 38.5 Å². The highest BCUT2D eigenvalue weighted by Crippen LogP contribution is 2.44. The third-order valence-corrected chi connectivity index (χ3v) is 4.12. The zero-order chi connectivity index (χ0) is 18.4. The number of anilines is 1. The number of esters is 2. The molecule has 0 radical (unpaired) electrons. The molecule has 0 aromatic heterocycles. The van der Waals surface area contributed by atoms with Crippen molar-refractivity contribution in [3.05, 3.63) is 36.0 Å². The number of halogens is 2. The van der Waals surface area contributed by atoms with Gasteiger partial charge in [-0.1, -0.05) is 0 Å². The van der Waals surface area contributed by atoms with E-state index in [1.54, 1.807) is 6.07 Å². The number of nitrogens with zero attached hydrogens (tertiary/aromatic N) is 1. The van der Waals surface area contributed by atoms with Crippen LogP contribution in [0.1, 0.15) is 0 Å². The first-order chi connectivity index (χ1) is 11.3. The number of methoxy groups -OCH3 is 3. The first kappa shape index (κ1) is 20.2. The molecular weight excluding hydrogens is 503 g/mol. The number of rotatable bonds is 6. The molecule has 1 rings (SSSR count). The van der Waals surface area contributed by atoms with Crippen LogP contribution in [0.2, 0.25) is 0 Å². The van der Waals surface area contributed by atoms with Gasteiger partial charge in [-0.2, -0.15) is 0 Å². The van der Waals surface area contributed by atoms with Crippen molar-refractivity contribution < 1.29 is 28.7 Å². The van der Waals surface area contributed by atoms with Crippen LogP contribution in [0.5, 0.6) is 5.75 Å². The third kappa shape index (κ3) is 4.56. The van der Waals surface area contributed by atoms with Crippen LogP contribution in [0.25, 0.3) is 0 Å². The molecule has 0 heterocycles. The van der Waals surface area contributed by atoms with E-state index >= 15 is 0 Å². The molecule has 0 saturated carbocycles. The Morgan fingerprint density at radius 3 is 2.42 bits per heavy atom. The van der Waals surface area contributed by atoms with Crippen LogP contribution in [-0.2, 0) is 19.1 Å². The molecule has 1 aromatic carbocycles. The quantitative estimate of drug-likeness (QED) is 0.202. The van der Waals surface area contributed by atoms with E-state index in [9.17, 15) is 19.7 Å². The highest BCUT2D eigenvalue weighted by atomic mass is 127. The maximum atomic E-state index is 11.8. The molecule has 130 valence electrons. The van der Waals surface area contributed by atoms with Gasteiger partial charge in [0.05, 0.1) is 36.8 Å². The molecule has 11 heteroatoms. The minimum absolute atomic E-state index is 0.0267. The van der Waals surface area contributed by atoms with E-state index < -0.39 is 22.5 Å². The standard InChI is InChI=1S/C13H12BrIN2O7/c1-22-9(18)5-8(13(19)24-3)16-10-7(15)4-6(14)12(23-2)11(10)17(20)21/h4-5,16H,1-3H3/b8-5+. The Hall–Kier alpha value is -1.89. The first-order valence-corrected chi connectivity index (χ1v) is 7.99. The molecular formula is C13H12BrIN2O7. The molecule has 9 nitrogen and oxygen atoms in total. The number of nitrogens with one attached hydrogen (secondary N) is 1. The summed E-state index contributed by atoms with van der Waals surface area (Å²) in [5.41, 5.74) is -0.758. The molecule has 0 fully saturated rings. The fourth-order valence-corrected chi connectivity index (χ4v) is 3.35. The summed E-state index contributed by atoms with van der Waals surface area (Å²) in [6, 6.07) is 1.56. The Morgan fingerprint density at radius 2 is 1.96 bits per heavy atom. The number of benzene rings is 1. The van der Waals surface area contributed by atoms with Crippen molar-refractivity contribution in [2.24, 2.45) is 0 Å². The van der Waals surface area contributed by atoms with Gasteiger partial charge in [0.1, 0.15) is 11.4 Å². The molecule has 24 heavy (non-hydrogen) atoms. The molecule has 0 aliphatic carbocycles. The number of ether oxygens (including phenoxy) is 3. The fourth-order valence-electron chi connectivity index (χ4n) is 1.64. The van der Waals surface area contributed by atoms with E-state index in [1.807, 2.05) is 22.6 Å². The van der Waals surface area contributed by atoms with E-state index in [-0.39, 0.29) is 17.1 Å². The normalized spacial score (nSPS) is 10.8. The number of nitro benzene ring substituents is 1. The largest absolute Gasteiger partial charge is 0.489 e. The van der Waals surface area contributed by atoms with Crippen molar-refractivity contribution in [1.29, 1.82) is 0 Å². The summed E-state index contributed by atoms with van der Waals surface area (Å²) in [4.78, 5) is 34.0. The zero-order valence-corrected chi connectivity index (χ0v) is 16.5. The van der Waals surface area contributed by atoms with Gasteiger partial charge < -0.3 is 19.5 Å². The predicted molar refractivity (Wildman–Crippen MR) is 95.8 cm³/mol. The molecule has 0 amide bonds. The van der Waals surface area contributed by atoms with Crippen LogP contribution in [0, 0.1) is 13.7 Å². The van der Waals surface area contributed by atoms with Crippen molar-refractivity contribution in [2.75, 3.05) is 26.6 Å². The van der Waals surface area contributed by atoms with Crippen molar-refractivity contribution >= 4 is 61.8 Å². The molecule has 0 saturated heterocycles. The first-order valence-electron chi connectivity index (χ1n) is 6.12. The van der Waals surface area contributed by atoms with Crippen LogP contribution < -0.4 is 10.1 Å². The summed E-state index contributed by atoms with van der Waals surface area (Å²) < 4.78 is 14.8. The minimum atomic E-state index is -0.896. The Kier molecular flexibility index (Phi) is 7.41. The lowest BCUT2D eigenvalue weighted by Crippen LogP contribution is -2.17. The van der Waals surface area contributed by atoms with Crippen LogP contribution in [-0.4, -0.2) is 38.2 Å². The Labute approximate surface area is 158 Å². The lowest BCUT2D eigenvalue weighted by atomic mass is 10.2. The lowest BCUT2D eigenvalue weighted by molar-refractivity contribution is -0.384. The van der Waals surface area contributed by atoms with Gasteiger partial charge in [-0.25, -0.2) is 9.59 Å². The molecule has 0 bridgehead atoms. The second-order valence-electron chi connectivity index (χ2n) is 4.05. The van der Waals surface area contributed by atoms with E-state index in [4.69, 9.17) is 4.74 Å². The average molecular weight is 515 g/mol. The lowest BCUT2D eigenvalue weighted by Gasteiger charge is -2.14. The average Bonchev–Trinajstić information content (AvgIpc) is 2.54. The number of carbonyl (C=O) groups is 2. The molecule has 0 unspecified atom stereocenters. The van der Waals surface area contributed by atoms with Crippen molar-refractivity contribution in [3.8, 4) is 5.75 Å². The highest BCUT2D eigenvalue weighted by Gasteiger charge is 2.28. The van der Waals surface area contributed by atoms with Gasteiger partial charge in [-0.15, -0.1) is 0 Å². The summed E-state index contributed by atoms with van der Waals surface area (Å²) in [6.07, 6.45) is 0.833. The van der Waals surface area contributed by atoms with E-state index in [0.29, 0.717) is 8.04 Å². The van der Waals surface area contributed by atoms with Crippen molar-refractivity contribution in [2.45, 2.75) is 0 Å². The van der Waals surface area contributed by atoms with Gasteiger partial charge in [0.2, 0.25) is 5.75 Å². The second kappa shape index (κ2) is 8.82. The Morgan fingerprint density at radius 1 is 1.33 bits per heavy atom. The smallest absolute Gasteiger partial charge is 0.354 e. The Bertz CT molecular complexity index is 721. The maximum absolute atomic E-state index is 11.8. The molecule has 1 N–H and O–H groups in total. The summed E-state index contributed by atoms with van der Waals surface area (Å²) in [5, 5.41) is 14.0. The monoisotopic (exact) mass is 514 g/mol. The van der Waals surface area contributed by atoms with E-state index in [2.05, 4.69) is 30.7 Å². The predicted octanol–water partition coefficient (Wildman–Crippen LogP) is 2.61. The summed E-state index contributed by atoms with van der Waals surface area (Å²) in [7, 11) is 3.51. The van der Waals surface area contributed by atoms with Crippen LogP contribution in [0.3, 0.4) is 0 Å². The van der Waals surface area contributed by atoms with Gasteiger partial charge in [-0.05, 0) is 44.6 Å². The maximum Gasteiger partial charge on any atom is 0.354 e. The van der Waals surface area contributed by atoms with Gasteiger partial charge in [0.25, 0.3) is 0 Å². The molecule has 0 aliphatic heterocycles. The van der Waals surface area contributed by atoms with Gasteiger partial charge in [-0.3, -0.25) is 10.1 Å². The van der Waals surface area contributed by atoms with E-state index in [1.165, 1.54) is 7.11 Å². The number of nitro groups is 1. The van der Waals surface area contributed by atoms with Gasteiger partial charge in [0.15, 0.2) is 0 Å². The summed E-state index contributed by atoms with van der Waals surface area (Å²) in [6.45, 7) is 0. The SMILES string of the molecule is COC(=O)/C=C(/Nc1c(I)cc(Br)c(OC)c1[N+](=O)[O-])C(=O)OC. The molecule has 0 spiro atoms. The molecule has 0 atom stereocenters. The fraction of sp³-hybridized carbons (Fsp3) is 0.231. The van der Waals surface area contributed by atoms with Crippen molar-refractivity contribution in [3.63, 3.8) is 0 Å². The van der Waals surface area contributed by atoms with Crippen LogP contribution in [0.4, 0.5) is 11.4 Å². The minimum Gasteiger partial charge on any atom is -0.489 e. The zero-order valence-electron chi connectivity index (χ0n) is 12.7. The summed E-state index contributed by atoms with van der Waals surface area (Å²) >= 11 is 5.02. The third-order valence-electron chi connectivity index (χ3n) is 2.68. The molecule has 0 aliphatic rings. The van der Waals surface area contributed by atoms with Gasteiger partial charge in [0, 0.05) is 3.57 Å². The number of carbonyl (C=O) groups excluding carboxylic acids is 2. The second-order valence-corrected chi connectivity index (χ2v) is 6.07.